The Hall–Kier alpha value is -2.57. The normalized spacial score (nSPS) is 18.1. The highest BCUT2D eigenvalue weighted by Crippen LogP contribution is 2.40. The van der Waals surface area contributed by atoms with Gasteiger partial charge in [0, 0.05) is 31.2 Å². The van der Waals surface area contributed by atoms with Crippen LogP contribution in [0.1, 0.15) is 54.8 Å². The number of pyridine rings is 1. The number of carbonyl (C=O) groups excluding carboxylic acids is 2. The first-order valence-electron chi connectivity index (χ1n) is 9.37. The van der Waals surface area contributed by atoms with Crippen molar-refractivity contribution in [2.24, 2.45) is 0 Å². The zero-order chi connectivity index (χ0) is 18.1. The van der Waals surface area contributed by atoms with Crippen molar-refractivity contribution in [2.45, 2.75) is 44.6 Å². The molecule has 7 heteroatoms. The van der Waals surface area contributed by atoms with Crippen LogP contribution >= 0.6 is 0 Å². The Bertz CT molecular complexity index is 819. The van der Waals surface area contributed by atoms with Crippen molar-refractivity contribution in [3.05, 3.63) is 35.9 Å². The Morgan fingerprint density at radius 3 is 2.69 bits per heavy atom. The average molecular weight is 356 g/mol. The molecular weight excluding hydrogens is 332 g/mol. The average Bonchev–Trinajstić information content (AvgIpc) is 3.42. The molecule has 3 heterocycles. The summed E-state index contributed by atoms with van der Waals surface area (Å²) in [4.78, 5) is 30.9. The van der Waals surface area contributed by atoms with Gasteiger partial charge in [0.2, 0.25) is 0 Å². The van der Waals surface area contributed by atoms with E-state index in [-0.39, 0.29) is 18.0 Å². The van der Waals surface area contributed by atoms with Gasteiger partial charge in [-0.2, -0.15) is 0 Å². The minimum Gasteiger partial charge on any atom is -0.450 e. The van der Waals surface area contributed by atoms with E-state index in [0.717, 1.165) is 37.0 Å². The van der Waals surface area contributed by atoms with Gasteiger partial charge in [0.25, 0.3) is 5.91 Å². The zero-order valence-electron chi connectivity index (χ0n) is 15.0. The molecule has 2 aromatic heterocycles. The lowest BCUT2D eigenvalue weighted by molar-refractivity contribution is 0.0858. The largest absolute Gasteiger partial charge is 0.450 e. The second-order valence-corrected chi connectivity index (χ2v) is 6.98. The van der Waals surface area contributed by atoms with Gasteiger partial charge in [0.15, 0.2) is 5.69 Å². The van der Waals surface area contributed by atoms with E-state index in [0.29, 0.717) is 31.3 Å². The first-order valence-corrected chi connectivity index (χ1v) is 9.37. The van der Waals surface area contributed by atoms with E-state index in [1.807, 2.05) is 28.8 Å². The number of carbonyl (C=O) groups is 2. The molecule has 26 heavy (non-hydrogen) atoms. The van der Waals surface area contributed by atoms with Crippen LogP contribution in [0.25, 0.3) is 5.52 Å². The molecule has 2 aliphatic rings. The van der Waals surface area contributed by atoms with Crippen molar-refractivity contribution >= 4 is 17.5 Å². The van der Waals surface area contributed by atoms with E-state index in [4.69, 9.17) is 4.74 Å². The van der Waals surface area contributed by atoms with Crippen molar-refractivity contribution in [3.8, 4) is 0 Å². The van der Waals surface area contributed by atoms with Crippen LogP contribution in [-0.4, -0.2) is 52.0 Å². The van der Waals surface area contributed by atoms with E-state index in [2.05, 4.69) is 10.3 Å². The number of fused-ring (bicyclic) bond motifs is 1. The molecule has 0 aromatic carbocycles. The lowest BCUT2D eigenvalue weighted by atomic mass is 10.1. The number of nitrogens with zero attached hydrogens (tertiary/aromatic N) is 3. The van der Waals surface area contributed by atoms with Crippen molar-refractivity contribution in [1.82, 2.24) is 19.6 Å². The third-order valence-electron chi connectivity index (χ3n) is 5.09. The number of ether oxygens (including phenoxy) is 1. The van der Waals surface area contributed by atoms with E-state index in [9.17, 15) is 9.59 Å². The summed E-state index contributed by atoms with van der Waals surface area (Å²) in [5.41, 5.74) is 1.36. The summed E-state index contributed by atoms with van der Waals surface area (Å²) in [6.07, 6.45) is 5.44. The topological polar surface area (TPSA) is 75.9 Å². The highest BCUT2D eigenvalue weighted by Gasteiger charge is 2.31. The molecule has 138 valence electrons. The smallest absolute Gasteiger partial charge is 0.409 e. The molecule has 0 spiro atoms. The predicted molar refractivity (Wildman–Crippen MR) is 96.3 cm³/mol. The van der Waals surface area contributed by atoms with Gasteiger partial charge in [-0.1, -0.05) is 6.07 Å². The van der Waals surface area contributed by atoms with Gasteiger partial charge in [0.05, 0.1) is 12.1 Å². The van der Waals surface area contributed by atoms with Crippen LogP contribution in [0.5, 0.6) is 0 Å². The quantitative estimate of drug-likeness (QED) is 0.913. The lowest BCUT2D eigenvalue weighted by Crippen LogP contribution is -2.46. The standard InChI is InChI=1S/C19H24N4O3/c1-2-26-19(25)22-11-8-14(9-12-22)20-18(24)16-15-5-3-4-10-23(15)17(21-16)13-6-7-13/h3-5,10,13-14H,2,6-9,11-12H2,1H3,(H,20,24). The monoisotopic (exact) mass is 356 g/mol. The molecule has 1 saturated carbocycles. The van der Waals surface area contributed by atoms with Crippen LogP contribution in [0, 0.1) is 0 Å². The number of nitrogens with one attached hydrogen (secondary N) is 1. The summed E-state index contributed by atoms with van der Waals surface area (Å²) in [6.45, 7) is 3.38. The summed E-state index contributed by atoms with van der Waals surface area (Å²) in [5, 5.41) is 3.10. The van der Waals surface area contributed by atoms with Gasteiger partial charge < -0.3 is 19.4 Å². The fourth-order valence-electron chi connectivity index (χ4n) is 3.53. The lowest BCUT2D eigenvalue weighted by Gasteiger charge is -2.31. The molecule has 1 aliphatic carbocycles. The molecule has 1 N–H and O–H groups in total. The first kappa shape index (κ1) is 16.9. The van der Waals surface area contributed by atoms with E-state index in [1.54, 1.807) is 11.8 Å². The van der Waals surface area contributed by atoms with Crippen LogP contribution in [0.4, 0.5) is 4.79 Å². The fraction of sp³-hybridized carbons (Fsp3) is 0.526. The summed E-state index contributed by atoms with van der Waals surface area (Å²) in [5.74, 6) is 1.33. The van der Waals surface area contributed by atoms with Crippen LogP contribution in [0.2, 0.25) is 0 Å². The fourth-order valence-corrected chi connectivity index (χ4v) is 3.53. The minimum atomic E-state index is -0.272. The molecule has 0 radical (unpaired) electrons. The van der Waals surface area contributed by atoms with Gasteiger partial charge in [0.1, 0.15) is 5.82 Å². The Morgan fingerprint density at radius 2 is 2.00 bits per heavy atom. The van der Waals surface area contributed by atoms with Crippen molar-refractivity contribution in [2.75, 3.05) is 19.7 Å². The molecule has 2 fully saturated rings. The highest BCUT2D eigenvalue weighted by molar-refractivity contribution is 5.99. The number of piperidine rings is 1. The molecule has 0 atom stereocenters. The Balaban J connectivity index is 1.43. The molecule has 7 nitrogen and oxygen atoms in total. The highest BCUT2D eigenvalue weighted by atomic mass is 16.6. The molecular formula is C19H24N4O3. The number of imidazole rings is 1. The van der Waals surface area contributed by atoms with Gasteiger partial charge in [-0.3, -0.25) is 4.79 Å². The summed E-state index contributed by atoms with van der Waals surface area (Å²) in [6, 6.07) is 5.89. The van der Waals surface area contributed by atoms with E-state index >= 15 is 0 Å². The number of hydrogen-bond donors (Lipinski definition) is 1. The minimum absolute atomic E-state index is 0.0537. The maximum Gasteiger partial charge on any atom is 0.409 e. The summed E-state index contributed by atoms with van der Waals surface area (Å²) in [7, 11) is 0. The SMILES string of the molecule is CCOC(=O)N1CCC(NC(=O)c2nc(C3CC3)n3ccccc23)CC1. The van der Waals surface area contributed by atoms with Crippen molar-refractivity contribution < 1.29 is 14.3 Å². The molecule has 1 saturated heterocycles. The molecule has 2 amide bonds. The van der Waals surface area contributed by atoms with Gasteiger partial charge >= 0.3 is 6.09 Å². The number of aromatic nitrogens is 2. The Morgan fingerprint density at radius 1 is 1.23 bits per heavy atom. The maximum absolute atomic E-state index is 12.8. The maximum atomic E-state index is 12.8. The van der Waals surface area contributed by atoms with Crippen molar-refractivity contribution in [3.63, 3.8) is 0 Å². The Kier molecular flexibility index (Phi) is 4.53. The first-order chi connectivity index (χ1) is 12.7. The Labute approximate surface area is 152 Å². The van der Waals surface area contributed by atoms with Gasteiger partial charge in [-0.05, 0) is 44.7 Å². The number of amides is 2. The molecule has 0 bridgehead atoms. The predicted octanol–water partition coefficient (Wildman–Crippen LogP) is 2.56. The van der Waals surface area contributed by atoms with Crippen LogP contribution in [0.15, 0.2) is 24.4 Å². The molecule has 4 rings (SSSR count). The number of rotatable bonds is 4. The molecule has 2 aromatic rings. The van der Waals surface area contributed by atoms with Gasteiger partial charge in [-0.25, -0.2) is 9.78 Å². The van der Waals surface area contributed by atoms with E-state index in [1.165, 1.54) is 0 Å². The van der Waals surface area contributed by atoms with Crippen LogP contribution < -0.4 is 5.32 Å². The zero-order valence-corrected chi connectivity index (χ0v) is 15.0. The summed E-state index contributed by atoms with van der Waals surface area (Å²) < 4.78 is 7.07. The van der Waals surface area contributed by atoms with Crippen LogP contribution in [-0.2, 0) is 4.74 Å². The second kappa shape index (κ2) is 6.97. The van der Waals surface area contributed by atoms with E-state index < -0.39 is 0 Å². The van der Waals surface area contributed by atoms with Gasteiger partial charge in [-0.15, -0.1) is 0 Å². The third-order valence-corrected chi connectivity index (χ3v) is 5.09. The number of hydrogen-bond acceptors (Lipinski definition) is 4. The third kappa shape index (κ3) is 3.25. The molecule has 0 unspecified atom stereocenters. The summed E-state index contributed by atoms with van der Waals surface area (Å²) >= 11 is 0. The molecule has 1 aliphatic heterocycles. The second-order valence-electron chi connectivity index (χ2n) is 6.98. The van der Waals surface area contributed by atoms with Crippen molar-refractivity contribution in [1.29, 1.82) is 0 Å². The van der Waals surface area contributed by atoms with Crippen LogP contribution in [0.3, 0.4) is 0 Å². The number of likely N-dealkylation sites (tertiary alicyclic amines) is 1.